The highest BCUT2D eigenvalue weighted by Crippen LogP contribution is 2.16. The number of aryl methyl sites for hydroxylation is 1. The number of aliphatic imine (C=N–C) groups is 1. The number of aromatic nitrogens is 4. The Kier molecular flexibility index (Phi) is 7.66. The van der Waals surface area contributed by atoms with Gasteiger partial charge in [-0.25, -0.2) is 4.68 Å². The molecule has 3 heterocycles. The van der Waals surface area contributed by atoms with Crippen LogP contribution in [0.2, 0.25) is 0 Å². The smallest absolute Gasteiger partial charge is 0.246 e. The second kappa shape index (κ2) is 10.4. The molecule has 1 amide bonds. The molecule has 1 saturated heterocycles. The number of hydrogen-bond acceptors (Lipinski definition) is 4. The standard InChI is InChI=1S/C21H26N8O.HI/c1-22-21(27-10-11-28(20(30)16-27)19-13-24-26(2)15-19)23-9-8-17-12-25-29(14-17)18-6-4-3-5-7-18;/h3-7,12-15H,8-11,16H2,1-2H3,(H,22,23);1H. The molecule has 0 aliphatic carbocycles. The van der Waals surface area contributed by atoms with Gasteiger partial charge in [-0.15, -0.1) is 24.0 Å². The SMILES string of the molecule is CN=C(NCCc1cnn(-c2ccccc2)c1)N1CCN(c2cnn(C)c2)C(=O)C1.I. The van der Waals surface area contributed by atoms with E-state index in [1.807, 2.05) is 65.6 Å². The number of anilines is 1. The van der Waals surface area contributed by atoms with Gasteiger partial charge in [0.1, 0.15) is 6.54 Å². The molecule has 10 heteroatoms. The Bertz CT molecular complexity index is 1030. The van der Waals surface area contributed by atoms with Crippen LogP contribution in [-0.4, -0.2) is 69.6 Å². The zero-order valence-electron chi connectivity index (χ0n) is 17.7. The Labute approximate surface area is 198 Å². The van der Waals surface area contributed by atoms with Gasteiger partial charge in [0, 0.05) is 46.1 Å². The van der Waals surface area contributed by atoms with Crippen LogP contribution in [0.4, 0.5) is 5.69 Å². The lowest BCUT2D eigenvalue weighted by molar-refractivity contribution is -0.120. The summed E-state index contributed by atoms with van der Waals surface area (Å²) in [5.41, 5.74) is 3.01. The number of amides is 1. The summed E-state index contributed by atoms with van der Waals surface area (Å²) in [6.07, 6.45) is 8.31. The van der Waals surface area contributed by atoms with Gasteiger partial charge in [-0.2, -0.15) is 10.2 Å². The van der Waals surface area contributed by atoms with Gasteiger partial charge >= 0.3 is 0 Å². The Morgan fingerprint density at radius 3 is 2.58 bits per heavy atom. The number of hydrogen-bond donors (Lipinski definition) is 1. The molecule has 4 rings (SSSR count). The third-order valence-corrected chi connectivity index (χ3v) is 5.09. The number of piperazine rings is 1. The number of guanidine groups is 1. The lowest BCUT2D eigenvalue weighted by atomic mass is 10.2. The molecule has 31 heavy (non-hydrogen) atoms. The van der Waals surface area contributed by atoms with Crippen molar-refractivity contribution < 1.29 is 4.79 Å². The van der Waals surface area contributed by atoms with Gasteiger partial charge in [0.2, 0.25) is 5.91 Å². The summed E-state index contributed by atoms with van der Waals surface area (Å²) in [5.74, 6) is 0.783. The lowest BCUT2D eigenvalue weighted by Crippen LogP contribution is -2.55. The van der Waals surface area contributed by atoms with Gasteiger partial charge in [-0.3, -0.25) is 14.5 Å². The molecular formula is C21H27IN8O. The first-order chi connectivity index (χ1) is 14.6. The summed E-state index contributed by atoms with van der Waals surface area (Å²) in [7, 11) is 3.59. The number of nitrogens with zero attached hydrogens (tertiary/aromatic N) is 7. The Hall–Kier alpha value is -2.89. The first kappa shape index (κ1) is 22.8. The van der Waals surface area contributed by atoms with Gasteiger partial charge in [0.15, 0.2) is 5.96 Å². The Morgan fingerprint density at radius 2 is 1.90 bits per heavy atom. The van der Waals surface area contributed by atoms with E-state index in [0.717, 1.165) is 29.3 Å². The molecule has 1 aliphatic heterocycles. The van der Waals surface area contributed by atoms with Crippen molar-refractivity contribution in [2.45, 2.75) is 6.42 Å². The quantitative estimate of drug-likeness (QED) is 0.306. The molecule has 164 valence electrons. The van der Waals surface area contributed by atoms with Crippen LogP contribution >= 0.6 is 24.0 Å². The molecule has 0 unspecified atom stereocenters. The van der Waals surface area contributed by atoms with Gasteiger partial charge in [0.05, 0.1) is 23.8 Å². The number of carbonyl (C=O) groups excluding carboxylic acids is 1. The molecule has 1 N–H and O–H groups in total. The predicted octanol–water partition coefficient (Wildman–Crippen LogP) is 1.69. The fourth-order valence-corrected chi connectivity index (χ4v) is 3.54. The normalized spacial score (nSPS) is 14.5. The van der Waals surface area contributed by atoms with Crippen LogP contribution in [0.25, 0.3) is 5.69 Å². The van der Waals surface area contributed by atoms with Crippen molar-refractivity contribution in [2.24, 2.45) is 12.0 Å². The first-order valence-electron chi connectivity index (χ1n) is 9.97. The van der Waals surface area contributed by atoms with Crippen LogP contribution in [-0.2, 0) is 18.3 Å². The Morgan fingerprint density at radius 1 is 1.10 bits per heavy atom. The average Bonchev–Trinajstić information content (AvgIpc) is 3.41. The predicted molar refractivity (Wildman–Crippen MR) is 131 cm³/mol. The maximum atomic E-state index is 12.6. The summed E-state index contributed by atoms with van der Waals surface area (Å²) in [4.78, 5) is 20.7. The highest BCUT2D eigenvalue weighted by Gasteiger charge is 2.27. The van der Waals surface area contributed by atoms with Crippen molar-refractivity contribution in [3.8, 4) is 5.69 Å². The second-order valence-corrected chi connectivity index (χ2v) is 7.19. The van der Waals surface area contributed by atoms with E-state index in [-0.39, 0.29) is 29.9 Å². The van der Waals surface area contributed by atoms with E-state index in [1.165, 1.54) is 0 Å². The minimum atomic E-state index is 0. The zero-order valence-corrected chi connectivity index (χ0v) is 20.0. The molecule has 0 bridgehead atoms. The highest BCUT2D eigenvalue weighted by atomic mass is 127. The molecule has 3 aromatic rings. The van der Waals surface area contributed by atoms with Crippen LogP contribution < -0.4 is 10.2 Å². The van der Waals surface area contributed by atoms with E-state index in [1.54, 1.807) is 22.8 Å². The number of rotatable bonds is 5. The molecule has 1 aliphatic rings. The van der Waals surface area contributed by atoms with Crippen molar-refractivity contribution in [1.29, 1.82) is 0 Å². The monoisotopic (exact) mass is 534 g/mol. The van der Waals surface area contributed by atoms with Crippen molar-refractivity contribution in [1.82, 2.24) is 29.8 Å². The molecule has 0 saturated carbocycles. The fourth-order valence-electron chi connectivity index (χ4n) is 3.54. The number of carbonyl (C=O) groups is 1. The third-order valence-electron chi connectivity index (χ3n) is 5.09. The van der Waals surface area contributed by atoms with E-state index >= 15 is 0 Å². The topological polar surface area (TPSA) is 83.6 Å². The maximum absolute atomic E-state index is 12.6. The van der Waals surface area contributed by atoms with Gasteiger partial charge < -0.3 is 15.1 Å². The molecule has 0 radical (unpaired) electrons. The first-order valence-corrected chi connectivity index (χ1v) is 9.97. The van der Waals surface area contributed by atoms with Crippen molar-refractivity contribution in [3.63, 3.8) is 0 Å². The summed E-state index contributed by atoms with van der Waals surface area (Å²) in [5, 5.41) is 12.0. The maximum Gasteiger partial charge on any atom is 0.246 e. The zero-order chi connectivity index (χ0) is 20.9. The minimum absolute atomic E-state index is 0. The summed E-state index contributed by atoms with van der Waals surface area (Å²) in [6, 6.07) is 10.0. The van der Waals surface area contributed by atoms with Crippen LogP contribution in [0.1, 0.15) is 5.56 Å². The number of benzene rings is 1. The average molecular weight is 534 g/mol. The molecule has 0 atom stereocenters. The van der Waals surface area contributed by atoms with Crippen molar-refractivity contribution in [3.05, 3.63) is 60.7 Å². The second-order valence-electron chi connectivity index (χ2n) is 7.19. The summed E-state index contributed by atoms with van der Waals surface area (Å²) >= 11 is 0. The van der Waals surface area contributed by atoms with Gasteiger partial charge in [0.25, 0.3) is 0 Å². The Balaban J connectivity index is 0.00000272. The molecule has 0 spiro atoms. The molecule has 9 nitrogen and oxygen atoms in total. The van der Waals surface area contributed by atoms with E-state index in [9.17, 15) is 4.79 Å². The fraction of sp³-hybridized carbons (Fsp3) is 0.333. The van der Waals surface area contributed by atoms with E-state index < -0.39 is 0 Å². The van der Waals surface area contributed by atoms with Gasteiger partial charge in [-0.1, -0.05) is 18.2 Å². The van der Waals surface area contributed by atoms with Crippen molar-refractivity contribution in [2.75, 3.05) is 38.1 Å². The summed E-state index contributed by atoms with van der Waals surface area (Å²) in [6.45, 7) is 2.33. The van der Waals surface area contributed by atoms with E-state index in [0.29, 0.717) is 26.2 Å². The van der Waals surface area contributed by atoms with Crippen molar-refractivity contribution >= 4 is 41.5 Å². The van der Waals surface area contributed by atoms with E-state index in [4.69, 9.17) is 0 Å². The largest absolute Gasteiger partial charge is 0.356 e. The highest BCUT2D eigenvalue weighted by molar-refractivity contribution is 14.0. The number of nitrogens with one attached hydrogen (secondary N) is 1. The van der Waals surface area contributed by atoms with Crippen LogP contribution in [0, 0.1) is 0 Å². The molecule has 1 aromatic carbocycles. The third kappa shape index (κ3) is 5.43. The number of para-hydroxylation sites is 1. The number of halogens is 1. The van der Waals surface area contributed by atoms with E-state index in [2.05, 4.69) is 20.5 Å². The van der Waals surface area contributed by atoms with Crippen LogP contribution in [0.3, 0.4) is 0 Å². The van der Waals surface area contributed by atoms with Crippen LogP contribution in [0.15, 0.2) is 60.1 Å². The van der Waals surface area contributed by atoms with Gasteiger partial charge in [-0.05, 0) is 24.1 Å². The van der Waals surface area contributed by atoms with Crippen LogP contribution in [0.5, 0.6) is 0 Å². The minimum Gasteiger partial charge on any atom is -0.356 e. The summed E-state index contributed by atoms with van der Waals surface area (Å²) < 4.78 is 3.58. The lowest BCUT2D eigenvalue weighted by Gasteiger charge is -2.35. The molecule has 1 fully saturated rings. The molecular weight excluding hydrogens is 507 g/mol. The molecule has 2 aromatic heterocycles.